The smallest absolute Gasteiger partial charge is 0.320 e. The highest BCUT2D eigenvalue weighted by atomic mass is 32.1. The van der Waals surface area contributed by atoms with Crippen LogP contribution < -0.4 is 0 Å². The first-order valence-electron chi connectivity index (χ1n) is 8.23. The molecule has 0 saturated heterocycles. The molecule has 24 heavy (non-hydrogen) atoms. The van der Waals surface area contributed by atoms with Gasteiger partial charge in [-0.25, -0.2) is 4.98 Å². The van der Waals surface area contributed by atoms with Gasteiger partial charge in [-0.05, 0) is 40.2 Å². The molecular formula is C17H28N2O4S. The highest BCUT2D eigenvalue weighted by Gasteiger charge is 2.20. The van der Waals surface area contributed by atoms with Gasteiger partial charge in [0.15, 0.2) is 0 Å². The molecule has 1 rings (SSSR count). The van der Waals surface area contributed by atoms with Crippen LogP contribution in [0, 0.1) is 5.92 Å². The molecule has 1 aromatic heterocycles. The summed E-state index contributed by atoms with van der Waals surface area (Å²) in [4.78, 5) is 29.2. The number of esters is 1. The fourth-order valence-electron chi connectivity index (χ4n) is 2.20. The number of hydrogen-bond donors (Lipinski definition) is 1. The zero-order chi connectivity index (χ0) is 18.2. The molecule has 0 saturated carbocycles. The molecule has 0 radical (unpaired) electrons. The Morgan fingerprint density at radius 3 is 2.62 bits per heavy atom. The molecule has 0 aliphatic rings. The van der Waals surface area contributed by atoms with E-state index in [2.05, 4.69) is 4.98 Å². The van der Waals surface area contributed by atoms with E-state index in [0.717, 1.165) is 17.8 Å². The molecule has 7 heteroatoms. The zero-order valence-electron chi connectivity index (χ0n) is 14.9. The first kappa shape index (κ1) is 20.6. The van der Waals surface area contributed by atoms with Gasteiger partial charge < -0.3 is 9.84 Å². The van der Waals surface area contributed by atoms with Gasteiger partial charge in [-0.1, -0.05) is 13.3 Å². The second-order valence-electron chi connectivity index (χ2n) is 6.96. The Kier molecular flexibility index (Phi) is 8.35. The van der Waals surface area contributed by atoms with Crippen molar-refractivity contribution in [1.82, 2.24) is 9.88 Å². The van der Waals surface area contributed by atoms with Crippen LogP contribution >= 0.6 is 11.3 Å². The standard InChI is InChI=1S/C17H28N2O4S/c1-13(16(21)22)7-5-6-9-19(11-14-18-8-10-24-14)12-15(20)23-17(2,3)4/h8,10,13H,5-7,9,11-12H2,1-4H3,(H,21,22). The fraction of sp³-hybridized carbons (Fsp3) is 0.706. The summed E-state index contributed by atoms with van der Waals surface area (Å²) >= 11 is 1.56. The Hall–Kier alpha value is -1.47. The molecule has 0 aliphatic carbocycles. The predicted octanol–water partition coefficient (Wildman–Crippen LogP) is 3.18. The molecule has 1 atom stereocenters. The first-order chi connectivity index (χ1) is 11.2. The van der Waals surface area contributed by atoms with E-state index >= 15 is 0 Å². The lowest BCUT2D eigenvalue weighted by atomic mass is 10.0. The number of aliphatic carboxylic acids is 1. The van der Waals surface area contributed by atoms with Crippen molar-refractivity contribution < 1.29 is 19.4 Å². The van der Waals surface area contributed by atoms with E-state index in [0.29, 0.717) is 19.5 Å². The monoisotopic (exact) mass is 356 g/mol. The Balaban J connectivity index is 2.49. The number of nitrogens with zero attached hydrogens (tertiary/aromatic N) is 2. The van der Waals surface area contributed by atoms with E-state index < -0.39 is 11.6 Å². The molecule has 1 heterocycles. The zero-order valence-corrected chi connectivity index (χ0v) is 15.8. The van der Waals surface area contributed by atoms with E-state index in [1.54, 1.807) is 24.5 Å². The minimum Gasteiger partial charge on any atom is -0.481 e. The van der Waals surface area contributed by atoms with Crippen molar-refractivity contribution in [2.45, 2.75) is 59.1 Å². The van der Waals surface area contributed by atoms with E-state index in [-0.39, 0.29) is 18.4 Å². The van der Waals surface area contributed by atoms with Crippen LogP contribution in [0.5, 0.6) is 0 Å². The Morgan fingerprint density at radius 1 is 1.38 bits per heavy atom. The highest BCUT2D eigenvalue weighted by molar-refractivity contribution is 7.09. The Labute approximate surface area is 147 Å². The molecule has 0 amide bonds. The second kappa shape index (κ2) is 9.74. The normalized spacial score (nSPS) is 13.0. The Morgan fingerprint density at radius 2 is 2.08 bits per heavy atom. The first-order valence-corrected chi connectivity index (χ1v) is 9.10. The number of rotatable bonds is 10. The lowest BCUT2D eigenvalue weighted by Gasteiger charge is -2.24. The number of carbonyl (C=O) groups excluding carboxylic acids is 1. The average Bonchev–Trinajstić information content (AvgIpc) is 2.93. The van der Waals surface area contributed by atoms with Crippen molar-refractivity contribution >= 4 is 23.3 Å². The molecule has 1 N–H and O–H groups in total. The van der Waals surface area contributed by atoms with Gasteiger partial charge in [-0.3, -0.25) is 14.5 Å². The van der Waals surface area contributed by atoms with E-state index in [1.165, 1.54) is 0 Å². The second-order valence-corrected chi connectivity index (χ2v) is 7.94. The van der Waals surface area contributed by atoms with Crippen LogP contribution in [-0.2, 0) is 20.9 Å². The molecule has 1 aromatic rings. The van der Waals surface area contributed by atoms with Crippen molar-refractivity contribution in [3.05, 3.63) is 16.6 Å². The number of carbonyl (C=O) groups is 2. The number of carboxylic acids is 1. The molecule has 0 fully saturated rings. The molecule has 136 valence electrons. The number of ether oxygens (including phenoxy) is 1. The van der Waals surface area contributed by atoms with Crippen LogP contribution in [0.25, 0.3) is 0 Å². The van der Waals surface area contributed by atoms with Crippen LogP contribution in [0.3, 0.4) is 0 Å². The van der Waals surface area contributed by atoms with E-state index in [9.17, 15) is 9.59 Å². The number of hydrogen-bond acceptors (Lipinski definition) is 6. The van der Waals surface area contributed by atoms with Gasteiger partial charge in [0, 0.05) is 11.6 Å². The summed E-state index contributed by atoms with van der Waals surface area (Å²) in [5, 5.41) is 11.8. The summed E-state index contributed by atoms with van der Waals surface area (Å²) in [5.74, 6) is -1.34. The maximum absolute atomic E-state index is 12.1. The summed E-state index contributed by atoms with van der Waals surface area (Å²) in [7, 11) is 0. The minimum absolute atomic E-state index is 0.214. The van der Waals surface area contributed by atoms with Crippen LogP contribution in [0.15, 0.2) is 11.6 Å². The summed E-state index contributed by atoms with van der Waals surface area (Å²) in [6.07, 6.45) is 4.05. The number of thiazole rings is 1. The third-order valence-corrected chi connectivity index (χ3v) is 4.16. The average molecular weight is 356 g/mol. The van der Waals surface area contributed by atoms with Gasteiger partial charge in [-0.2, -0.15) is 0 Å². The molecule has 0 aromatic carbocycles. The molecular weight excluding hydrogens is 328 g/mol. The van der Waals surface area contributed by atoms with Crippen LogP contribution in [0.2, 0.25) is 0 Å². The lowest BCUT2D eigenvalue weighted by molar-refractivity contribution is -0.156. The van der Waals surface area contributed by atoms with Crippen molar-refractivity contribution in [3.63, 3.8) is 0 Å². The van der Waals surface area contributed by atoms with Gasteiger partial charge in [0.2, 0.25) is 0 Å². The topological polar surface area (TPSA) is 79.7 Å². The lowest BCUT2D eigenvalue weighted by Crippen LogP contribution is -2.35. The van der Waals surface area contributed by atoms with Crippen molar-refractivity contribution in [1.29, 1.82) is 0 Å². The van der Waals surface area contributed by atoms with Crippen LogP contribution in [0.4, 0.5) is 0 Å². The van der Waals surface area contributed by atoms with Gasteiger partial charge >= 0.3 is 11.9 Å². The number of unbranched alkanes of at least 4 members (excludes halogenated alkanes) is 1. The molecule has 0 bridgehead atoms. The van der Waals surface area contributed by atoms with Crippen LogP contribution in [0.1, 0.15) is 52.0 Å². The summed E-state index contributed by atoms with van der Waals surface area (Å²) in [5.41, 5.74) is -0.499. The quantitative estimate of drug-likeness (QED) is 0.512. The summed E-state index contributed by atoms with van der Waals surface area (Å²) in [6.45, 7) is 8.80. The fourth-order valence-corrected chi connectivity index (χ4v) is 2.86. The molecule has 6 nitrogen and oxygen atoms in total. The largest absolute Gasteiger partial charge is 0.481 e. The third-order valence-electron chi connectivity index (χ3n) is 3.40. The maximum atomic E-state index is 12.1. The third kappa shape index (κ3) is 8.98. The van der Waals surface area contributed by atoms with Gasteiger partial charge in [-0.15, -0.1) is 11.3 Å². The van der Waals surface area contributed by atoms with E-state index in [4.69, 9.17) is 9.84 Å². The highest BCUT2D eigenvalue weighted by Crippen LogP contribution is 2.13. The number of carboxylic acid groups (broad SMARTS) is 1. The van der Waals surface area contributed by atoms with Crippen molar-refractivity contribution in [2.24, 2.45) is 5.92 Å². The van der Waals surface area contributed by atoms with Crippen molar-refractivity contribution in [2.75, 3.05) is 13.1 Å². The molecule has 0 spiro atoms. The summed E-state index contributed by atoms with van der Waals surface area (Å²) in [6, 6.07) is 0. The Bertz CT molecular complexity index is 511. The van der Waals surface area contributed by atoms with E-state index in [1.807, 2.05) is 31.1 Å². The number of aromatic nitrogens is 1. The van der Waals surface area contributed by atoms with Gasteiger partial charge in [0.1, 0.15) is 10.6 Å². The maximum Gasteiger partial charge on any atom is 0.320 e. The predicted molar refractivity (Wildman–Crippen MR) is 93.9 cm³/mol. The van der Waals surface area contributed by atoms with Gasteiger partial charge in [0.05, 0.1) is 19.0 Å². The summed E-state index contributed by atoms with van der Waals surface area (Å²) < 4.78 is 5.39. The minimum atomic E-state index is -0.761. The molecule has 0 aliphatic heterocycles. The van der Waals surface area contributed by atoms with Crippen LogP contribution in [-0.4, -0.2) is 45.6 Å². The molecule has 1 unspecified atom stereocenters. The SMILES string of the molecule is CC(CCCCN(CC(=O)OC(C)(C)C)Cc1nccs1)C(=O)O. The van der Waals surface area contributed by atoms with Gasteiger partial charge in [0.25, 0.3) is 0 Å². The van der Waals surface area contributed by atoms with Crippen molar-refractivity contribution in [3.8, 4) is 0 Å².